The van der Waals surface area contributed by atoms with Crippen LogP contribution in [-0.2, 0) is 4.79 Å². The lowest BCUT2D eigenvalue weighted by Gasteiger charge is -2.31. The summed E-state index contributed by atoms with van der Waals surface area (Å²) in [6.07, 6.45) is 2.50. The standard InChI is InChI=1S/C18H28N2O2/c1-13-10-14(2)15(3)17(11-13)22-9-6-18(21)20-7-4-16(12-19)5-8-20/h10-11,16H,4-9,12,19H2,1-3H3. The van der Waals surface area contributed by atoms with E-state index in [1.165, 1.54) is 11.1 Å². The number of likely N-dealkylation sites (tertiary alicyclic amines) is 1. The first kappa shape index (κ1) is 16.8. The first-order valence-electron chi connectivity index (χ1n) is 8.19. The second kappa shape index (κ2) is 7.63. The number of carbonyl (C=O) groups is 1. The van der Waals surface area contributed by atoms with E-state index in [9.17, 15) is 4.79 Å². The maximum atomic E-state index is 12.2. The zero-order chi connectivity index (χ0) is 16.1. The average Bonchev–Trinajstić information content (AvgIpc) is 2.51. The van der Waals surface area contributed by atoms with Crippen molar-refractivity contribution in [1.29, 1.82) is 0 Å². The summed E-state index contributed by atoms with van der Waals surface area (Å²) in [5, 5.41) is 0. The van der Waals surface area contributed by atoms with Crippen molar-refractivity contribution in [3.63, 3.8) is 0 Å². The van der Waals surface area contributed by atoms with Crippen molar-refractivity contribution in [2.24, 2.45) is 11.7 Å². The molecule has 1 aromatic carbocycles. The predicted molar refractivity (Wildman–Crippen MR) is 89.1 cm³/mol. The van der Waals surface area contributed by atoms with Gasteiger partial charge in [0, 0.05) is 13.1 Å². The number of amides is 1. The molecule has 4 heteroatoms. The molecule has 4 nitrogen and oxygen atoms in total. The Kier molecular flexibility index (Phi) is 5.83. The van der Waals surface area contributed by atoms with Gasteiger partial charge in [-0.2, -0.15) is 0 Å². The third-order valence-corrected chi connectivity index (χ3v) is 4.64. The van der Waals surface area contributed by atoms with E-state index in [1.54, 1.807) is 0 Å². The molecule has 0 atom stereocenters. The van der Waals surface area contributed by atoms with Crippen LogP contribution >= 0.6 is 0 Å². The molecule has 2 rings (SSSR count). The minimum Gasteiger partial charge on any atom is -0.493 e. The zero-order valence-corrected chi connectivity index (χ0v) is 14.0. The summed E-state index contributed by atoms with van der Waals surface area (Å²) in [7, 11) is 0. The number of rotatable bonds is 5. The van der Waals surface area contributed by atoms with Crippen LogP contribution in [0.25, 0.3) is 0 Å². The van der Waals surface area contributed by atoms with Crippen LogP contribution in [0.3, 0.4) is 0 Å². The van der Waals surface area contributed by atoms with Crippen LogP contribution < -0.4 is 10.5 Å². The van der Waals surface area contributed by atoms with Crippen molar-refractivity contribution in [2.75, 3.05) is 26.2 Å². The molecule has 0 unspecified atom stereocenters. The number of nitrogens with two attached hydrogens (primary N) is 1. The van der Waals surface area contributed by atoms with E-state index in [4.69, 9.17) is 10.5 Å². The maximum Gasteiger partial charge on any atom is 0.225 e. The van der Waals surface area contributed by atoms with Gasteiger partial charge in [-0.05, 0) is 68.8 Å². The molecule has 1 aliphatic rings. The first-order chi connectivity index (χ1) is 10.5. The molecule has 0 saturated carbocycles. The molecule has 1 heterocycles. The monoisotopic (exact) mass is 304 g/mol. The van der Waals surface area contributed by atoms with Crippen LogP contribution in [0.15, 0.2) is 12.1 Å². The van der Waals surface area contributed by atoms with Crippen LogP contribution in [0.2, 0.25) is 0 Å². The molecule has 22 heavy (non-hydrogen) atoms. The number of benzene rings is 1. The van der Waals surface area contributed by atoms with E-state index in [1.807, 2.05) is 11.0 Å². The summed E-state index contributed by atoms with van der Waals surface area (Å²) in [4.78, 5) is 14.2. The highest BCUT2D eigenvalue weighted by Crippen LogP contribution is 2.23. The summed E-state index contributed by atoms with van der Waals surface area (Å²) in [5.41, 5.74) is 9.25. The highest BCUT2D eigenvalue weighted by molar-refractivity contribution is 5.76. The van der Waals surface area contributed by atoms with Crippen LogP contribution in [-0.4, -0.2) is 37.0 Å². The van der Waals surface area contributed by atoms with Crippen LogP contribution in [0.4, 0.5) is 0 Å². The Morgan fingerprint density at radius 3 is 2.59 bits per heavy atom. The Morgan fingerprint density at radius 2 is 1.95 bits per heavy atom. The maximum absolute atomic E-state index is 12.2. The Balaban J connectivity index is 1.80. The Hall–Kier alpha value is -1.55. The van der Waals surface area contributed by atoms with Crippen molar-refractivity contribution in [3.05, 3.63) is 28.8 Å². The van der Waals surface area contributed by atoms with Crippen LogP contribution in [0.1, 0.15) is 36.0 Å². The average molecular weight is 304 g/mol. The van der Waals surface area contributed by atoms with Gasteiger partial charge in [0.25, 0.3) is 0 Å². The summed E-state index contributed by atoms with van der Waals surface area (Å²) in [6, 6.07) is 4.19. The van der Waals surface area contributed by atoms with Gasteiger partial charge in [-0.1, -0.05) is 6.07 Å². The summed E-state index contributed by atoms with van der Waals surface area (Å²) in [6.45, 7) is 9.06. The lowest BCUT2D eigenvalue weighted by molar-refractivity contribution is -0.133. The van der Waals surface area contributed by atoms with E-state index in [2.05, 4.69) is 26.8 Å². The fourth-order valence-electron chi connectivity index (χ4n) is 2.98. The van der Waals surface area contributed by atoms with E-state index in [0.29, 0.717) is 18.9 Å². The number of ether oxygens (including phenoxy) is 1. The SMILES string of the molecule is Cc1cc(C)c(C)c(OCCC(=O)N2CCC(CN)CC2)c1. The molecule has 1 saturated heterocycles. The third kappa shape index (κ3) is 4.23. The Morgan fingerprint density at radius 1 is 1.27 bits per heavy atom. The molecule has 0 spiro atoms. The minimum atomic E-state index is 0.192. The van der Waals surface area contributed by atoms with E-state index >= 15 is 0 Å². The molecule has 2 N–H and O–H groups in total. The zero-order valence-electron chi connectivity index (χ0n) is 14.0. The second-order valence-electron chi connectivity index (χ2n) is 6.36. The minimum absolute atomic E-state index is 0.192. The fourth-order valence-corrected chi connectivity index (χ4v) is 2.98. The molecule has 1 fully saturated rings. The molecule has 0 aliphatic carbocycles. The number of hydrogen-bond donors (Lipinski definition) is 1. The van der Waals surface area contributed by atoms with E-state index in [0.717, 1.165) is 43.8 Å². The number of hydrogen-bond acceptors (Lipinski definition) is 3. The smallest absolute Gasteiger partial charge is 0.225 e. The van der Waals surface area contributed by atoms with Gasteiger partial charge in [0.05, 0.1) is 13.0 Å². The second-order valence-corrected chi connectivity index (χ2v) is 6.36. The van der Waals surface area contributed by atoms with Gasteiger partial charge in [0.2, 0.25) is 5.91 Å². The molecule has 0 bridgehead atoms. The molecular weight excluding hydrogens is 276 g/mol. The number of aryl methyl sites for hydroxylation is 2. The first-order valence-corrected chi connectivity index (χ1v) is 8.19. The molecule has 1 aromatic rings. The van der Waals surface area contributed by atoms with Crippen molar-refractivity contribution < 1.29 is 9.53 Å². The molecule has 122 valence electrons. The fraction of sp³-hybridized carbons (Fsp3) is 0.611. The topological polar surface area (TPSA) is 55.6 Å². The van der Waals surface area contributed by atoms with Gasteiger partial charge >= 0.3 is 0 Å². The van der Waals surface area contributed by atoms with Crippen molar-refractivity contribution in [1.82, 2.24) is 4.90 Å². The Bertz CT molecular complexity index is 520. The lowest BCUT2D eigenvalue weighted by atomic mass is 9.97. The molecule has 1 aliphatic heterocycles. The normalized spacial score (nSPS) is 15.9. The quantitative estimate of drug-likeness (QED) is 0.909. The number of nitrogens with zero attached hydrogens (tertiary/aromatic N) is 1. The van der Waals surface area contributed by atoms with Crippen LogP contribution in [0, 0.1) is 26.7 Å². The number of carbonyl (C=O) groups excluding carboxylic acids is 1. The summed E-state index contributed by atoms with van der Waals surface area (Å²) < 4.78 is 5.83. The molecule has 0 radical (unpaired) electrons. The van der Waals surface area contributed by atoms with Gasteiger partial charge in [-0.25, -0.2) is 0 Å². The van der Waals surface area contributed by atoms with Crippen LogP contribution in [0.5, 0.6) is 5.75 Å². The van der Waals surface area contributed by atoms with Crippen molar-refractivity contribution in [3.8, 4) is 5.75 Å². The van der Waals surface area contributed by atoms with Crippen molar-refractivity contribution in [2.45, 2.75) is 40.0 Å². The van der Waals surface area contributed by atoms with Crippen molar-refractivity contribution >= 4 is 5.91 Å². The van der Waals surface area contributed by atoms with Gasteiger partial charge in [0.15, 0.2) is 0 Å². The number of piperidine rings is 1. The van der Waals surface area contributed by atoms with Gasteiger partial charge in [-0.3, -0.25) is 4.79 Å². The largest absolute Gasteiger partial charge is 0.493 e. The Labute approximate surface area is 133 Å². The highest BCUT2D eigenvalue weighted by Gasteiger charge is 2.21. The molecule has 0 aromatic heterocycles. The summed E-state index contributed by atoms with van der Waals surface area (Å²) >= 11 is 0. The van der Waals surface area contributed by atoms with E-state index < -0.39 is 0 Å². The molecular formula is C18H28N2O2. The third-order valence-electron chi connectivity index (χ3n) is 4.64. The van der Waals surface area contributed by atoms with E-state index in [-0.39, 0.29) is 5.91 Å². The lowest BCUT2D eigenvalue weighted by Crippen LogP contribution is -2.40. The van der Waals surface area contributed by atoms with Gasteiger partial charge in [-0.15, -0.1) is 0 Å². The van der Waals surface area contributed by atoms with Gasteiger partial charge < -0.3 is 15.4 Å². The molecule has 1 amide bonds. The predicted octanol–water partition coefficient (Wildman–Crippen LogP) is 2.58. The summed E-state index contributed by atoms with van der Waals surface area (Å²) in [5.74, 6) is 1.67. The highest BCUT2D eigenvalue weighted by atomic mass is 16.5. The van der Waals surface area contributed by atoms with Gasteiger partial charge in [0.1, 0.15) is 5.75 Å².